The van der Waals surface area contributed by atoms with Crippen molar-refractivity contribution < 1.29 is 0 Å². The average molecular weight is 254 g/mol. The first-order valence-corrected chi connectivity index (χ1v) is 6.00. The highest BCUT2D eigenvalue weighted by Crippen LogP contribution is 2.25. The van der Waals surface area contributed by atoms with Crippen LogP contribution in [0.2, 0.25) is 0 Å². The largest absolute Gasteiger partial charge is 0.376 e. The molecule has 0 spiro atoms. The Morgan fingerprint density at radius 1 is 1.21 bits per heavy atom. The van der Waals surface area contributed by atoms with Crippen LogP contribution >= 0.6 is 0 Å². The zero-order chi connectivity index (χ0) is 13.4. The fraction of sp³-hybridized carbons (Fsp3) is 0.143. The van der Waals surface area contributed by atoms with Gasteiger partial charge in [0.25, 0.3) is 5.56 Å². The third-order valence-electron chi connectivity index (χ3n) is 3.11. The second kappa shape index (κ2) is 4.28. The molecule has 0 amide bonds. The highest BCUT2D eigenvalue weighted by atomic mass is 16.1. The van der Waals surface area contributed by atoms with Crippen molar-refractivity contribution in [1.82, 2.24) is 14.5 Å². The molecule has 0 atom stereocenters. The van der Waals surface area contributed by atoms with E-state index in [9.17, 15) is 4.79 Å². The minimum Gasteiger partial charge on any atom is -0.376 e. The SMILES string of the molecule is CN(C)c1ccccc1-n1ccc2c(=O)[nH]cnc21. The number of aromatic amines is 1. The molecule has 0 bridgehead atoms. The first-order chi connectivity index (χ1) is 9.18. The van der Waals surface area contributed by atoms with E-state index in [0.29, 0.717) is 11.0 Å². The number of H-pyrrole nitrogens is 1. The smallest absolute Gasteiger partial charge is 0.260 e. The van der Waals surface area contributed by atoms with Crippen molar-refractivity contribution in [3.8, 4) is 5.69 Å². The number of nitrogens with zero attached hydrogens (tertiary/aromatic N) is 3. The molecular formula is C14H14N4O. The number of rotatable bonds is 2. The van der Waals surface area contributed by atoms with Gasteiger partial charge in [0.2, 0.25) is 0 Å². The Hall–Kier alpha value is -2.56. The number of aromatic nitrogens is 3. The van der Waals surface area contributed by atoms with Gasteiger partial charge in [0, 0.05) is 20.3 Å². The lowest BCUT2D eigenvalue weighted by atomic mass is 10.2. The molecule has 1 N–H and O–H groups in total. The maximum absolute atomic E-state index is 11.7. The minimum atomic E-state index is -0.119. The van der Waals surface area contributed by atoms with Gasteiger partial charge in [-0.3, -0.25) is 9.36 Å². The molecule has 3 aromatic rings. The van der Waals surface area contributed by atoms with Crippen LogP contribution in [-0.2, 0) is 0 Å². The van der Waals surface area contributed by atoms with Gasteiger partial charge < -0.3 is 9.88 Å². The summed E-state index contributed by atoms with van der Waals surface area (Å²) in [5.41, 5.74) is 2.62. The van der Waals surface area contributed by atoms with E-state index in [-0.39, 0.29) is 5.56 Å². The molecule has 19 heavy (non-hydrogen) atoms. The van der Waals surface area contributed by atoms with Crippen molar-refractivity contribution in [3.63, 3.8) is 0 Å². The topological polar surface area (TPSA) is 53.9 Å². The maximum atomic E-state index is 11.7. The van der Waals surface area contributed by atoms with Crippen LogP contribution in [0.1, 0.15) is 0 Å². The standard InChI is InChI=1S/C14H14N4O/c1-17(2)11-5-3-4-6-12(11)18-8-7-10-13(18)15-9-16-14(10)19/h3-9H,1-2H3,(H,15,16,19). The summed E-state index contributed by atoms with van der Waals surface area (Å²) in [6, 6.07) is 9.80. The van der Waals surface area contributed by atoms with E-state index < -0.39 is 0 Å². The molecular weight excluding hydrogens is 240 g/mol. The van der Waals surface area contributed by atoms with Crippen LogP contribution < -0.4 is 10.5 Å². The molecule has 5 nitrogen and oxygen atoms in total. The van der Waals surface area contributed by atoms with Crippen molar-refractivity contribution in [2.75, 3.05) is 19.0 Å². The fourth-order valence-corrected chi connectivity index (χ4v) is 2.20. The summed E-state index contributed by atoms with van der Waals surface area (Å²) in [5, 5.41) is 0.594. The van der Waals surface area contributed by atoms with Gasteiger partial charge in [-0.05, 0) is 18.2 Å². The molecule has 0 aliphatic heterocycles. The van der Waals surface area contributed by atoms with E-state index in [1.54, 1.807) is 6.07 Å². The van der Waals surface area contributed by atoms with Gasteiger partial charge in [0.05, 0.1) is 23.1 Å². The zero-order valence-electron chi connectivity index (χ0n) is 10.8. The molecule has 96 valence electrons. The van der Waals surface area contributed by atoms with E-state index >= 15 is 0 Å². The molecule has 0 aliphatic rings. The number of nitrogens with one attached hydrogen (secondary N) is 1. The molecule has 1 aromatic carbocycles. The van der Waals surface area contributed by atoms with Crippen molar-refractivity contribution in [2.24, 2.45) is 0 Å². The molecule has 2 aromatic heterocycles. The summed E-state index contributed by atoms with van der Waals surface area (Å²) in [6.45, 7) is 0. The molecule has 0 radical (unpaired) electrons. The van der Waals surface area contributed by atoms with Crippen molar-refractivity contribution in [2.45, 2.75) is 0 Å². The van der Waals surface area contributed by atoms with E-state index in [2.05, 4.69) is 9.97 Å². The van der Waals surface area contributed by atoms with Crippen LogP contribution in [0.15, 0.2) is 47.7 Å². The van der Waals surface area contributed by atoms with Gasteiger partial charge in [-0.1, -0.05) is 12.1 Å². The zero-order valence-corrected chi connectivity index (χ0v) is 10.8. The lowest BCUT2D eigenvalue weighted by Crippen LogP contribution is -2.12. The van der Waals surface area contributed by atoms with Gasteiger partial charge in [0.15, 0.2) is 5.65 Å². The van der Waals surface area contributed by atoms with E-state index in [4.69, 9.17) is 0 Å². The average Bonchev–Trinajstić information content (AvgIpc) is 2.84. The number of hydrogen-bond donors (Lipinski definition) is 1. The van der Waals surface area contributed by atoms with Crippen LogP contribution in [0.5, 0.6) is 0 Å². The van der Waals surface area contributed by atoms with Gasteiger partial charge >= 0.3 is 0 Å². The summed E-state index contributed by atoms with van der Waals surface area (Å²) in [4.78, 5) is 20.6. The molecule has 0 fully saturated rings. The monoisotopic (exact) mass is 254 g/mol. The van der Waals surface area contributed by atoms with Crippen LogP contribution in [0.25, 0.3) is 16.7 Å². The second-order valence-corrected chi connectivity index (χ2v) is 4.54. The van der Waals surface area contributed by atoms with Crippen molar-refractivity contribution >= 4 is 16.7 Å². The van der Waals surface area contributed by atoms with Crippen LogP contribution in [-0.4, -0.2) is 28.6 Å². The molecule has 5 heteroatoms. The highest BCUT2D eigenvalue weighted by Gasteiger charge is 2.10. The lowest BCUT2D eigenvalue weighted by Gasteiger charge is -2.18. The molecule has 0 saturated heterocycles. The number of para-hydroxylation sites is 2. The predicted octanol–water partition coefficient (Wildman–Crippen LogP) is 1.78. The summed E-state index contributed by atoms with van der Waals surface area (Å²) < 4.78 is 1.93. The summed E-state index contributed by atoms with van der Waals surface area (Å²) in [6.07, 6.45) is 3.30. The quantitative estimate of drug-likeness (QED) is 0.758. The summed E-state index contributed by atoms with van der Waals surface area (Å²) in [7, 11) is 3.98. The third kappa shape index (κ3) is 1.79. The van der Waals surface area contributed by atoms with Gasteiger partial charge in [-0.2, -0.15) is 0 Å². The number of hydrogen-bond acceptors (Lipinski definition) is 3. The molecule has 3 rings (SSSR count). The number of anilines is 1. The van der Waals surface area contributed by atoms with Crippen molar-refractivity contribution in [3.05, 3.63) is 53.2 Å². The van der Waals surface area contributed by atoms with Gasteiger partial charge in [0.1, 0.15) is 0 Å². The Bertz CT molecular complexity index is 785. The van der Waals surface area contributed by atoms with Crippen LogP contribution in [0, 0.1) is 0 Å². The Balaban J connectivity index is 2.32. The highest BCUT2D eigenvalue weighted by molar-refractivity contribution is 5.79. The fourth-order valence-electron chi connectivity index (χ4n) is 2.20. The lowest BCUT2D eigenvalue weighted by molar-refractivity contribution is 1.04. The van der Waals surface area contributed by atoms with Crippen molar-refractivity contribution in [1.29, 1.82) is 0 Å². The maximum Gasteiger partial charge on any atom is 0.260 e. The second-order valence-electron chi connectivity index (χ2n) is 4.54. The number of benzene rings is 1. The van der Waals surface area contributed by atoms with E-state index in [1.165, 1.54) is 6.33 Å². The normalized spacial score (nSPS) is 10.8. The third-order valence-corrected chi connectivity index (χ3v) is 3.11. The van der Waals surface area contributed by atoms with Gasteiger partial charge in [-0.15, -0.1) is 0 Å². The van der Waals surface area contributed by atoms with Gasteiger partial charge in [-0.25, -0.2) is 4.98 Å². The summed E-state index contributed by atoms with van der Waals surface area (Å²) in [5.74, 6) is 0. The van der Waals surface area contributed by atoms with E-state index in [1.807, 2.05) is 54.0 Å². The molecule has 0 saturated carbocycles. The van der Waals surface area contributed by atoms with Crippen LogP contribution in [0.4, 0.5) is 5.69 Å². The molecule has 2 heterocycles. The number of fused-ring (bicyclic) bond motifs is 1. The Morgan fingerprint density at radius 2 is 2.00 bits per heavy atom. The first-order valence-electron chi connectivity index (χ1n) is 6.00. The minimum absolute atomic E-state index is 0.119. The Labute approximate surface area is 110 Å². The molecule has 0 unspecified atom stereocenters. The van der Waals surface area contributed by atoms with Crippen LogP contribution in [0.3, 0.4) is 0 Å². The Kier molecular flexibility index (Phi) is 2.59. The first kappa shape index (κ1) is 11.5. The predicted molar refractivity (Wildman–Crippen MR) is 76.0 cm³/mol. The van der Waals surface area contributed by atoms with E-state index in [0.717, 1.165) is 11.4 Å². The Morgan fingerprint density at radius 3 is 2.79 bits per heavy atom. The molecule has 0 aliphatic carbocycles. The summed E-state index contributed by atoms with van der Waals surface area (Å²) >= 11 is 0.